The van der Waals surface area contributed by atoms with Gasteiger partial charge in [-0.05, 0) is 0 Å². The Balaban J connectivity index is 2.19. The van der Waals surface area contributed by atoms with Gasteiger partial charge in [0.25, 0.3) is 0 Å². The fourth-order valence-electron chi connectivity index (χ4n) is 1.90. The molecule has 1 saturated carbocycles. The maximum Gasteiger partial charge on any atom is 0.0766 e. The largest absolute Gasteiger partial charge is 0.389 e. The molecule has 0 amide bonds. The zero-order chi connectivity index (χ0) is 8.01. The van der Waals surface area contributed by atoms with Crippen molar-refractivity contribution in [2.75, 3.05) is 0 Å². The summed E-state index contributed by atoms with van der Waals surface area (Å²) in [5.41, 5.74) is 0. The average Bonchev–Trinajstić information content (AvgIpc) is 2.72. The molecule has 3 nitrogen and oxygen atoms in total. The lowest BCUT2D eigenvalue weighted by Gasteiger charge is -2.12. The molecule has 4 atom stereocenters. The van der Waals surface area contributed by atoms with Crippen LogP contribution in [0.25, 0.3) is 0 Å². The molecule has 0 saturated heterocycles. The van der Waals surface area contributed by atoms with E-state index in [0.29, 0.717) is 0 Å². The fourth-order valence-corrected chi connectivity index (χ4v) is 1.90. The highest BCUT2D eigenvalue weighted by molar-refractivity contribution is 5.23. The van der Waals surface area contributed by atoms with Crippen molar-refractivity contribution in [1.29, 1.82) is 5.26 Å². The van der Waals surface area contributed by atoms with Crippen molar-refractivity contribution in [3.05, 3.63) is 12.2 Å². The highest BCUT2D eigenvalue weighted by Gasteiger charge is 2.58. The van der Waals surface area contributed by atoms with Gasteiger partial charge >= 0.3 is 0 Å². The van der Waals surface area contributed by atoms with Crippen LogP contribution in [-0.2, 0) is 0 Å². The average molecular weight is 151 g/mol. The van der Waals surface area contributed by atoms with E-state index in [9.17, 15) is 10.2 Å². The monoisotopic (exact) mass is 151 g/mol. The summed E-state index contributed by atoms with van der Waals surface area (Å²) in [6.07, 6.45) is 2.10. The van der Waals surface area contributed by atoms with Gasteiger partial charge < -0.3 is 10.2 Å². The molecule has 58 valence electrons. The highest BCUT2D eigenvalue weighted by atomic mass is 16.3. The van der Waals surface area contributed by atoms with Gasteiger partial charge in [0.05, 0.1) is 24.2 Å². The van der Waals surface area contributed by atoms with Crippen LogP contribution in [0.4, 0.5) is 0 Å². The first kappa shape index (κ1) is 6.84. The van der Waals surface area contributed by atoms with Gasteiger partial charge in [-0.2, -0.15) is 5.26 Å². The number of nitriles is 1. The molecule has 3 heteroatoms. The summed E-state index contributed by atoms with van der Waals surface area (Å²) >= 11 is 0. The number of rotatable bonds is 0. The molecule has 0 aromatic heterocycles. The van der Waals surface area contributed by atoms with Crippen LogP contribution in [0.15, 0.2) is 12.2 Å². The Hall–Kier alpha value is -0.850. The highest BCUT2D eigenvalue weighted by Crippen LogP contribution is 2.52. The molecule has 2 rings (SSSR count). The lowest BCUT2D eigenvalue weighted by atomic mass is 10.0. The van der Waals surface area contributed by atoms with E-state index in [1.807, 2.05) is 0 Å². The SMILES string of the molecule is N#CC1C2C(O)C=CC(O)C12. The first-order valence-corrected chi connectivity index (χ1v) is 3.70. The minimum absolute atomic E-state index is 0.0139. The van der Waals surface area contributed by atoms with E-state index in [1.54, 1.807) is 12.2 Å². The number of hydrogen-bond acceptors (Lipinski definition) is 3. The molecule has 0 aromatic carbocycles. The minimum Gasteiger partial charge on any atom is -0.389 e. The zero-order valence-corrected chi connectivity index (χ0v) is 5.88. The first-order chi connectivity index (χ1) is 5.25. The Morgan fingerprint density at radius 1 is 1.09 bits per heavy atom. The van der Waals surface area contributed by atoms with Crippen molar-refractivity contribution < 1.29 is 10.2 Å². The summed E-state index contributed by atoms with van der Waals surface area (Å²) in [6, 6.07) is 2.08. The number of hydrogen-bond donors (Lipinski definition) is 2. The molecule has 4 unspecified atom stereocenters. The van der Waals surface area contributed by atoms with E-state index in [0.717, 1.165) is 0 Å². The molecule has 0 aliphatic heterocycles. The Morgan fingerprint density at radius 3 is 1.91 bits per heavy atom. The molecule has 0 heterocycles. The van der Waals surface area contributed by atoms with Crippen molar-refractivity contribution >= 4 is 0 Å². The van der Waals surface area contributed by atoms with Crippen molar-refractivity contribution in [3.8, 4) is 6.07 Å². The van der Waals surface area contributed by atoms with Crippen LogP contribution in [-0.4, -0.2) is 22.4 Å². The molecule has 2 N–H and O–H groups in total. The molecular weight excluding hydrogens is 142 g/mol. The number of aliphatic hydroxyl groups excluding tert-OH is 2. The van der Waals surface area contributed by atoms with Crippen LogP contribution in [0.2, 0.25) is 0 Å². The van der Waals surface area contributed by atoms with E-state index >= 15 is 0 Å². The second-order valence-electron chi connectivity index (χ2n) is 3.18. The Morgan fingerprint density at radius 2 is 1.55 bits per heavy atom. The Kier molecular flexibility index (Phi) is 1.28. The predicted octanol–water partition coefficient (Wildman–Crippen LogP) is -0.336. The van der Waals surface area contributed by atoms with Gasteiger partial charge in [0.15, 0.2) is 0 Å². The van der Waals surface area contributed by atoms with Crippen molar-refractivity contribution in [1.82, 2.24) is 0 Å². The van der Waals surface area contributed by atoms with Crippen LogP contribution in [0.3, 0.4) is 0 Å². The van der Waals surface area contributed by atoms with Gasteiger partial charge in [0.1, 0.15) is 0 Å². The summed E-state index contributed by atoms with van der Waals surface area (Å²) in [7, 11) is 0. The molecule has 0 radical (unpaired) electrons. The minimum atomic E-state index is -0.520. The van der Waals surface area contributed by atoms with Crippen molar-refractivity contribution in [2.45, 2.75) is 12.2 Å². The maximum absolute atomic E-state index is 9.29. The van der Waals surface area contributed by atoms with Crippen molar-refractivity contribution in [2.24, 2.45) is 17.8 Å². The molecule has 1 fully saturated rings. The first-order valence-electron chi connectivity index (χ1n) is 3.70. The van der Waals surface area contributed by atoms with Gasteiger partial charge in [-0.1, -0.05) is 12.2 Å². The lowest BCUT2D eigenvalue weighted by molar-refractivity contribution is 0.135. The zero-order valence-electron chi connectivity index (χ0n) is 5.88. The van der Waals surface area contributed by atoms with Gasteiger partial charge in [-0.3, -0.25) is 0 Å². The molecule has 2 aliphatic rings. The van der Waals surface area contributed by atoms with E-state index in [2.05, 4.69) is 6.07 Å². The van der Waals surface area contributed by atoms with Crippen LogP contribution in [0.5, 0.6) is 0 Å². The van der Waals surface area contributed by atoms with Crippen LogP contribution in [0.1, 0.15) is 0 Å². The second kappa shape index (κ2) is 2.07. The summed E-state index contributed by atoms with van der Waals surface area (Å²) in [6.45, 7) is 0. The Labute approximate surface area is 64.6 Å². The van der Waals surface area contributed by atoms with Crippen molar-refractivity contribution in [3.63, 3.8) is 0 Å². The number of fused-ring (bicyclic) bond motifs is 1. The smallest absolute Gasteiger partial charge is 0.0766 e. The number of aliphatic hydroxyl groups is 2. The molecule has 11 heavy (non-hydrogen) atoms. The number of nitrogens with zero attached hydrogens (tertiary/aromatic N) is 1. The van der Waals surface area contributed by atoms with E-state index < -0.39 is 12.2 Å². The molecule has 2 aliphatic carbocycles. The third-order valence-electron chi connectivity index (χ3n) is 2.58. The second-order valence-corrected chi connectivity index (χ2v) is 3.18. The third-order valence-corrected chi connectivity index (χ3v) is 2.58. The summed E-state index contributed by atoms with van der Waals surface area (Å²) < 4.78 is 0. The molecule has 0 aromatic rings. The summed E-state index contributed by atoms with van der Waals surface area (Å²) in [4.78, 5) is 0. The fraction of sp³-hybridized carbons (Fsp3) is 0.625. The van der Waals surface area contributed by atoms with E-state index in [1.165, 1.54) is 0 Å². The molecule has 0 bridgehead atoms. The van der Waals surface area contributed by atoms with Gasteiger partial charge in [0, 0.05) is 11.8 Å². The van der Waals surface area contributed by atoms with Gasteiger partial charge in [0.2, 0.25) is 0 Å². The maximum atomic E-state index is 9.29. The Bertz CT molecular complexity index is 225. The van der Waals surface area contributed by atoms with Crippen LogP contribution in [0, 0.1) is 29.1 Å². The molecular formula is C8H9NO2. The van der Waals surface area contributed by atoms with E-state index in [-0.39, 0.29) is 17.8 Å². The van der Waals surface area contributed by atoms with Gasteiger partial charge in [-0.25, -0.2) is 0 Å². The molecule has 0 spiro atoms. The van der Waals surface area contributed by atoms with E-state index in [4.69, 9.17) is 5.26 Å². The summed E-state index contributed by atoms with van der Waals surface area (Å²) in [5, 5.41) is 27.2. The quantitative estimate of drug-likeness (QED) is 0.466. The predicted molar refractivity (Wildman–Crippen MR) is 37.2 cm³/mol. The third kappa shape index (κ3) is 0.802. The lowest BCUT2D eigenvalue weighted by Crippen LogP contribution is -2.19. The standard InChI is InChI=1S/C8H9NO2/c9-3-4-7-5(10)1-2-6(11)8(4)7/h1-2,4-8,10-11H. The topological polar surface area (TPSA) is 64.2 Å². The normalized spacial score (nSPS) is 53.0. The summed E-state index contributed by atoms with van der Waals surface area (Å²) in [5.74, 6) is -0.171. The van der Waals surface area contributed by atoms with Gasteiger partial charge in [-0.15, -0.1) is 0 Å². The van der Waals surface area contributed by atoms with Crippen LogP contribution >= 0.6 is 0 Å². The van der Waals surface area contributed by atoms with Crippen LogP contribution < -0.4 is 0 Å².